The van der Waals surface area contributed by atoms with Gasteiger partial charge in [-0.25, -0.2) is 4.98 Å². The molecule has 0 amide bonds. The van der Waals surface area contributed by atoms with Gasteiger partial charge in [0, 0.05) is 66.1 Å². The van der Waals surface area contributed by atoms with E-state index in [0.29, 0.717) is 28.2 Å². The molecule has 0 atom stereocenters. The van der Waals surface area contributed by atoms with Crippen molar-refractivity contribution in [3.8, 4) is 50.9 Å². The van der Waals surface area contributed by atoms with E-state index in [-0.39, 0.29) is 54.4 Å². The SMILES string of the molecule is [2H]c1c([2H])c([2H])c(-c2cccc(-c3c([2H])c([2H])c([2H])c([2H])c3[2H])c2-[n+]2[c-]n3c4c5c(ccc42)c2ccccc2n5B(c2ccccc2)c2ccc(Oc4[c-]c5c(cc4)c4ccccc4n5-c4cc(C(C)(C)C)ccn4)[c-]c2-3)c([2H])c1[2H].[Pt]. The topological polar surface area (TPSA) is 40.8 Å². The first-order valence-corrected chi connectivity index (χ1v) is 23.4. The van der Waals surface area contributed by atoms with Crippen LogP contribution in [0.2, 0.25) is 0 Å². The molecule has 72 heavy (non-hydrogen) atoms. The van der Waals surface area contributed by atoms with Gasteiger partial charge in [-0.3, -0.25) is 4.57 Å². The molecule has 0 radical (unpaired) electrons. The fourth-order valence-corrected chi connectivity index (χ4v) is 10.6. The molecule has 8 heteroatoms. The monoisotopic (exact) mass is 1110 g/mol. The minimum atomic E-state index is -0.578. The summed E-state index contributed by atoms with van der Waals surface area (Å²) in [6.45, 7) is 6.10. The van der Waals surface area contributed by atoms with E-state index in [0.717, 1.165) is 65.9 Å². The second-order valence-corrected chi connectivity index (χ2v) is 18.8. The number of para-hydroxylation sites is 3. The van der Waals surface area contributed by atoms with E-state index in [1.54, 1.807) is 22.8 Å². The summed E-state index contributed by atoms with van der Waals surface area (Å²) >= 11 is 0. The summed E-state index contributed by atoms with van der Waals surface area (Å²) in [7, 11) is 0. The third kappa shape index (κ3) is 6.82. The average Bonchev–Trinajstić information content (AvgIpc) is 3.34. The number of imidazole rings is 1. The second kappa shape index (κ2) is 17.0. The summed E-state index contributed by atoms with van der Waals surface area (Å²) < 4.78 is 104. The number of pyridine rings is 1. The minimum absolute atomic E-state index is 0. The number of ether oxygens (including phenoxy) is 1. The van der Waals surface area contributed by atoms with Gasteiger partial charge in [0.1, 0.15) is 11.3 Å². The molecule has 0 bridgehead atoms. The fraction of sp³-hybridized carbons (Fsp3) is 0.0625. The van der Waals surface area contributed by atoms with E-state index in [2.05, 4.69) is 90.7 Å². The molecule has 0 fully saturated rings. The maximum atomic E-state index is 9.29. The van der Waals surface area contributed by atoms with Crippen LogP contribution < -0.4 is 20.2 Å². The fourth-order valence-electron chi connectivity index (χ4n) is 10.6. The van der Waals surface area contributed by atoms with Crippen molar-refractivity contribution in [2.45, 2.75) is 26.2 Å². The van der Waals surface area contributed by atoms with Crippen LogP contribution in [0.5, 0.6) is 11.5 Å². The van der Waals surface area contributed by atoms with Crippen LogP contribution in [0, 0.1) is 18.5 Å². The van der Waals surface area contributed by atoms with E-state index in [9.17, 15) is 5.48 Å². The molecule has 1 aliphatic rings. The van der Waals surface area contributed by atoms with Crippen molar-refractivity contribution in [2.24, 2.45) is 0 Å². The zero-order valence-electron chi connectivity index (χ0n) is 49.0. The molecular weight excluding hydrogens is 1060 g/mol. The van der Waals surface area contributed by atoms with E-state index >= 15 is 0 Å². The summed E-state index contributed by atoms with van der Waals surface area (Å²) in [4.78, 5) is 4.87. The minimum Gasteiger partial charge on any atom is -0.510 e. The Kier molecular flexibility index (Phi) is 8.05. The molecule has 1 aliphatic heterocycles. The van der Waals surface area contributed by atoms with Gasteiger partial charge in [0.15, 0.2) is 0 Å². The van der Waals surface area contributed by atoms with E-state index in [4.69, 9.17) is 17.9 Å². The summed E-state index contributed by atoms with van der Waals surface area (Å²) in [5.41, 5.74) is 8.22. The van der Waals surface area contributed by atoms with Gasteiger partial charge in [-0.1, -0.05) is 189 Å². The van der Waals surface area contributed by atoms with Gasteiger partial charge in [0.25, 0.3) is 13.2 Å². The van der Waals surface area contributed by atoms with Crippen molar-refractivity contribution in [2.75, 3.05) is 0 Å². The molecule has 9 aromatic carbocycles. The van der Waals surface area contributed by atoms with Gasteiger partial charge in [-0.2, -0.15) is 12.1 Å². The Labute approximate surface area is 446 Å². The molecule has 0 saturated heterocycles. The molecule has 6 nitrogen and oxygen atoms in total. The molecule has 0 aliphatic carbocycles. The zero-order chi connectivity index (χ0) is 56.1. The van der Waals surface area contributed by atoms with E-state index in [1.807, 2.05) is 95.7 Å². The third-order valence-corrected chi connectivity index (χ3v) is 13.7. The van der Waals surface area contributed by atoms with Crippen LogP contribution in [0.3, 0.4) is 0 Å². The number of benzene rings is 9. The molecule has 0 N–H and O–H groups in total. The molecule has 0 saturated carbocycles. The van der Waals surface area contributed by atoms with Crippen LogP contribution in [-0.4, -0.2) is 25.4 Å². The Morgan fingerprint density at radius 3 is 1.97 bits per heavy atom. The molecule has 0 unspecified atom stereocenters. The first-order valence-electron chi connectivity index (χ1n) is 28.4. The third-order valence-electron chi connectivity index (χ3n) is 13.7. The Bertz CT molecular complexity index is 4730. The van der Waals surface area contributed by atoms with Crippen molar-refractivity contribution < 1.29 is 44.1 Å². The predicted molar refractivity (Wildman–Crippen MR) is 289 cm³/mol. The number of nitrogens with zero attached hydrogens (tertiary/aromatic N) is 5. The number of fused-ring (bicyclic) bond motifs is 8. The first-order chi connectivity index (χ1) is 39.0. The van der Waals surface area contributed by atoms with Crippen LogP contribution in [0.15, 0.2) is 212 Å². The molecule has 13 aromatic rings. The van der Waals surface area contributed by atoms with Crippen molar-refractivity contribution in [1.29, 1.82) is 0 Å². The Morgan fingerprint density at radius 2 is 1.25 bits per heavy atom. The van der Waals surface area contributed by atoms with Gasteiger partial charge in [0.2, 0.25) is 0 Å². The predicted octanol–water partition coefficient (Wildman–Crippen LogP) is 13.3. The summed E-state index contributed by atoms with van der Waals surface area (Å²) in [6.07, 6.45) is 5.51. The van der Waals surface area contributed by atoms with Gasteiger partial charge in [-0.05, 0) is 68.6 Å². The standard InChI is InChI=1S/C64H44BN5O.Pt/c1-64(2,3)44-36-37-66-60(38-44)69-55-28-15-13-24-50(55)52-32-30-46(39-58(52)69)71-47-31-34-54-59(40-47)68-41-67(61-48(42-18-7-4-8-19-42)26-17-27-49(61)43-20-9-5-10-21-43)57-35-33-53-51-25-14-16-29-56(51)70(62(53)63(57)68)65(54)45-22-11-6-12-23-45;/h4-38H,1-3H3;/q-2;/i4D,5D,7D,8D,9D,10D,18D,19D,20D,21D;. The molecular formula is C64H44BN5OPt-2. The average molecular weight is 1120 g/mol. The van der Waals surface area contributed by atoms with Crippen LogP contribution in [0.1, 0.15) is 40.0 Å². The van der Waals surface area contributed by atoms with Crippen LogP contribution in [0.4, 0.5) is 0 Å². The summed E-state index contributed by atoms with van der Waals surface area (Å²) in [5.74, 6) is 1.53. The first kappa shape index (κ1) is 34.1. The Balaban J connectivity index is 0.00000631. The van der Waals surface area contributed by atoms with Crippen LogP contribution >= 0.6 is 0 Å². The number of aromatic nitrogens is 5. The summed E-state index contributed by atoms with van der Waals surface area (Å²) in [5, 5.41) is 3.93. The maximum Gasteiger partial charge on any atom is 0.268 e. The zero-order valence-corrected chi connectivity index (χ0v) is 41.2. The summed E-state index contributed by atoms with van der Waals surface area (Å²) in [6, 6.07) is 49.4. The Hall–Kier alpha value is -8.25. The van der Waals surface area contributed by atoms with Gasteiger partial charge >= 0.3 is 0 Å². The van der Waals surface area contributed by atoms with Crippen LogP contribution in [-0.2, 0) is 26.5 Å². The molecule has 4 aromatic heterocycles. The van der Waals surface area contributed by atoms with E-state index < -0.39 is 67.3 Å². The largest absolute Gasteiger partial charge is 0.510 e. The van der Waals surface area contributed by atoms with Crippen molar-refractivity contribution in [3.63, 3.8) is 0 Å². The molecule has 346 valence electrons. The van der Waals surface area contributed by atoms with Crippen molar-refractivity contribution in [1.82, 2.24) is 18.6 Å². The number of hydrogen-bond acceptors (Lipinski definition) is 2. The quantitative estimate of drug-likeness (QED) is 0.0906. The second-order valence-electron chi connectivity index (χ2n) is 18.8. The Morgan fingerprint density at radius 1 is 0.611 bits per heavy atom. The van der Waals surface area contributed by atoms with Crippen molar-refractivity contribution in [3.05, 3.63) is 236 Å². The smallest absolute Gasteiger partial charge is 0.268 e. The van der Waals surface area contributed by atoms with E-state index in [1.165, 1.54) is 0 Å². The van der Waals surface area contributed by atoms with Gasteiger partial charge in [0.05, 0.1) is 24.9 Å². The molecule has 14 rings (SSSR count). The van der Waals surface area contributed by atoms with Crippen LogP contribution in [0.25, 0.3) is 94.1 Å². The maximum absolute atomic E-state index is 9.29. The van der Waals surface area contributed by atoms with Gasteiger partial charge < -0.3 is 18.3 Å². The number of rotatable bonds is 7. The normalized spacial score (nSPS) is 14.2. The molecule has 5 heterocycles. The number of hydrogen-bond donors (Lipinski definition) is 0. The van der Waals surface area contributed by atoms with Gasteiger partial charge in [-0.15, -0.1) is 35.1 Å². The molecule has 0 spiro atoms. The van der Waals surface area contributed by atoms with Crippen molar-refractivity contribution >= 4 is 72.4 Å².